The quantitative estimate of drug-likeness (QED) is 0.852. The first-order valence-electron chi connectivity index (χ1n) is 7.41. The topological polar surface area (TPSA) is 43.8 Å². The summed E-state index contributed by atoms with van der Waals surface area (Å²) in [5.41, 5.74) is 3.62. The van der Waals surface area contributed by atoms with Crippen LogP contribution in [0.2, 0.25) is 0 Å². The van der Waals surface area contributed by atoms with Crippen LogP contribution in [0.1, 0.15) is 17.2 Å². The molecule has 1 aromatic carbocycles. The van der Waals surface area contributed by atoms with Crippen molar-refractivity contribution in [1.29, 1.82) is 0 Å². The molecule has 0 aliphatic carbocycles. The lowest BCUT2D eigenvalue weighted by molar-refractivity contribution is 0.248. The Kier molecular flexibility index (Phi) is 3.06. The number of hydrogen-bond acceptors (Lipinski definition) is 5. The highest BCUT2D eigenvalue weighted by molar-refractivity contribution is 5.61. The average molecular weight is 298 g/mol. The van der Waals surface area contributed by atoms with Gasteiger partial charge in [0.1, 0.15) is 12.3 Å². The van der Waals surface area contributed by atoms with Crippen LogP contribution in [0.4, 0.5) is 5.69 Å². The first kappa shape index (κ1) is 13.2. The molecule has 2 aromatic rings. The molecule has 4 rings (SSSR count). The fourth-order valence-electron chi connectivity index (χ4n) is 3.37. The van der Waals surface area contributed by atoms with Gasteiger partial charge in [0.2, 0.25) is 5.88 Å². The van der Waals surface area contributed by atoms with Gasteiger partial charge in [-0.2, -0.15) is 0 Å². The maximum atomic E-state index is 5.86. The Morgan fingerprint density at radius 1 is 1.23 bits per heavy atom. The molecular weight excluding hydrogens is 280 g/mol. The second-order valence-electron chi connectivity index (χ2n) is 5.50. The van der Waals surface area contributed by atoms with Crippen molar-refractivity contribution in [3.8, 4) is 17.4 Å². The Labute approximate surface area is 129 Å². The number of benzene rings is 1. The van der Waals surface area contributed by atoms with E-state index in [4.69, 9.17) is 14.2 Å². The Balaban J connectivity index is 1.79. The second-order valence-corrected chi connectivity index (χ2v) is 5.50. The molecule has 0 fully saturated rings. The first-order valence-corrected chi connectivity index (χ1v) is 7.41. The van der Waals surface area contributed by atoms with E-state index in [9.17, 15) is 0 Å². The average Bonchev–Trinajstić information content (AvgIpc) is 2.59. The lowest BCUT2D eigenvalue weighted by Crippen LogP contribution is -2.41. The zero-order valence-corrected chi connectivity index (χ0v) is 12.7. The number of aromatic nitrogens is 1. The summed E-state index contributed by atoms with van der Waals surface area (Å²) in [6.07, 6.45) is 2.74. The number of anilines is 1. The SMILES string of the molecule is COc1cc2c(cc1OC)C1COc3ncccc3N1CC2. The molecule has 22 heavy (non-hydrogen) atoms. The summed E-state index contributed by atoms with van der Waals surface area (Å²) < 4.78 is 16.7. The van der Waals surface area contributed by atoms with E-state index >= 15 is 0 Å². The van der Waals surface area contributed by atoms with Crippen molar-refractivity contribution in [1.82, 2.24) is 4.98 Å². The maximum absolute atomic E-state index is 5.86. The van der Waals surface area contributed by atoms with Crippen molar-refractivity contribution in [2.24, 2.45) is 0 Å². The minimum atomic E-state index is 0.195. The predicted octanol–water partition coefficient (Wildman–Crippen LogP) is 2.60. The van der Waals surface area contributed by atoms with E-state index in [1.807, 2.05) is 6.07 Å². The van der Waals surface area contributed by atoms with Crippen molar-refractivity contribution < 1.29 is 14.2 Å². The third-order valence-electron chi connectivity index (χ3n) is 4.44. The van der Waals surface area contributed by atoms with E-state index in [0.29, 0.717) is 6.61 Å². The van der Waals surface area contributed by atoms with Gasteiger partial charge >= 0.3 is 0 Å². The Hall–Kier alpha value is -2.43. The highest BCUT2D eigenvalue weighted by atomic mass is 16.5. The third kappa shape index (κ3) is 1.89. The molecule has 0 radical (unpaired) electrons. The van der Waals surface area contributed by atoms with Gasteiger partial charge in [-0.1, -0.05) is 0 Å². The van der Waals surface area contributed by atoms with Crippen molar-refractivity contribution >= 4 is 5.69 Å². The summed E-state index contributed by atoms with van der Waals surface area (Å²) in [4.78, 5) is 6.69. The monoisotopic (exact) mass is 298 g/mol. The highest BCUT2D eigenvalue weighted by Crippen LogP contribution is 2.44. The van der Waals surface area contributed by atoms with Crippen LogP contribution in [0.5, 0.6) is 17.4 Å². The molecule has 0 saturated carbocycles. The predicted molar refractivity (Wildman–Crippen MR) is 83.1 cm³/mol. The highest BCUT2D eigenvalue weighted by Gasteiger charge is 2.34. The molecule has 1 aromatic heterocycles. The largest absolute Gasteiger partial charge is 0.493 e. The Morgan fingerprint density at radius 2 is 2.05 bits per heavy atom. The van der Waals surface area contributed by atoms with Crippen LogP contribution in [0, 0.1) is 0 Å². The lowest BCUT2D eigenvalue weighted by Gasteiger charge is -2.42. The maximum Gasteiger partial charge on any atom is 0.237 e. The fraction of sp³-hybridized carbons (Fsp3) is 0.353. The molecule has 0 N–H and O–H groups in total. The molecule has 1 unspecified atom stereocenters. The smallest absolute Gasteiger partial charge is 0.237 e. The summed E-state index contributed by atoms with van der Waals surface area (Å²) in [6, 6.07) is 8.38. The molecule has 114 valence electrons. The number of methoxy groups -OCH3 is 2. The van der Waals surface area contributed by atoms with Crippen molar-refractivity contribution in [3.05, 3.63) is 41.6 Å². The van der Waals surface area contributed by atoms with E-state index in [2.05, 4.69) is 28.1 Å². The number of hydrogen-bond donors (Lipinski definition) is 0. The van der Waals surface area contributed by atoms with E-state index < -0.39 is 0 Å². The van der Waals surface area contributed by atoms with Gasteiger partial charge in [-0.05, 0) is 41.8 Å². The van der Waals surface area contributed by atoms with Gasteiger partial charge in [0.25, 0.3) is 0 Å². The molecule has 3 heterocycles. The minimum Gasteiger partial charge on any atom is -0.493 e. The Bertz CT molecular complexity index is 717. The second kappa shape index (κ2) is 5.09. The normalized spacial score (nSPS) is 18.6. The summed E-state index contributed by atoms with van der Waals surface area (Å²) >= 11 is 0. The Morgan fingerprint density at radius 3 is 2.86 bits per heavy atom. The first-order chi connectivity index (χ1) is 10.8. The van der Waals surface area contributed by atoms with Gasteiger partial charge in [-0.15, -0.1) is 0 Å². The van der Waals surface area contributed by atoms with Crippen LogP contribution in [0.3, 0.4) is 0 Å². The van der Waals surface area contributed by atoms with Crippen LogP contribution < -0.4 is 19.1 Å². The molecule has 2 aliphatic heterocycles. The zero-order valence-electron chi connectivity index (χ0n) is 12.7. The zero-order chi connectivity index (χ0) is 15.1. The van der Waals surface area contributed by atoms with E-state index in [0.717, 1.165) is 36.0 Å². The van der Waals surface area contributed by atoms with E-state index in [1.54, 1.807) is 20.4 Å². The molecular formula is C17H18N2O3. The minimum absolute atomic E-state index is 0.195. The summed E-state index contributed by atoms with van der Waals surface area (Å²) in [6.45, 7) is 1.56. The summed E-state index contributed by atoms with van der Waals surface area (Å²) in [5, 5.41) is 0. The number of ether oxygens (including phenoxy) is 3. The van der Waals surface area contributed by atoms with Gasteiger partial charge in [-0.3, -0.25) is 0 Å². The van der Waals surface area contributed by atoms with Gasteiger partial charge in [0, 0.05) is 12.7 Å². The molecule has 0 spiro atoms. The molecule has 1 atom stereocenters. The summed E-state index contributed by atoms with van der Waals surface area (Å²) in [5.74, 6) is 2.27. The van der Waals surface area contributed by atoms with E-state index in [1.165, 1.54) is 11.1 Å². The summed E-state index contributed by atoms with van der Waals surface area (Å²) in [7, 11) is 3.34. The molecule has 0 amide bonds. The van der Waals surface area contributed by atoms with Crippen LogP contribution in [-0.4, -0.2) is 32.4 Å². The number of rotatable bonds is 2. The van der Waals surface area contributed by atoms with Gasteiger partial charge in [-0.25, -0.2) is 4.98 Å². The van der Waals surface area contributed by atoms with Gasteiger partial charge in [0.15, 0.2) is 11.5 Å². The number of fused-ring (bicyclic) bond motifs is 5. The van der Waals surface area contributed by atoms with Crippen molar-refractivity contribution in [2.45, 2.75) is 12.5 Å². The van der Waals surface area contributed by atoms with Gasteiger partial charge < -0.3 is 19.1 Å². The molecule has 0 bridgehead atoms. The van der Waals surface area contributed by atoms with Crippen molar-refractivity contribution in [2.75, 3.05) is 32.3 Å². The van der Waals surface area contributed by atoms with Crippen molar-refractivity contribution in [3.63, 3.8) is 0 Å². The van der Waals surface area contributed by atoms with Crippen LogP contribution in [-0.2, 0) is 6.42 Å². The molecule has 5 heteroatoms. The van der Waals surface area contributed by atoms with Crippen LogP contribution >= 0.6 is 0 Å². The molecule has 2 aliphatic rings. The van der Waals surface area contributed by atoms with E-state index in [-0.39, 0.29) is 6.04 Å². The third-order valence-corrected chi connectivity index (χ3v) is 4.44. The molecule has 5 nitrogen and oxygen atoms in total. The fourth-order valence-corrected chi connectivity index (χ4v) is 3.37. The number of nitrogens with zero attached hydrogens (tertiary/aromatic N) is 2. The van der Waals surface area contributed by atoms with Crippen LogP contribution in [0.15, 0.2) is 30.5 Å². The van der Waals surface area contributed by atoms with Gasteiger partial charge in [0.05, 0.1) is 20.3 Å². The standard InChI is InChI=1S/C17H18N2O3/c1-20-15-8-11-5-7-19-13-4-3-6-18-17(13)22-10-14(19)12(11)9-16(15)21-2/h3-4,6,8-9,14H,5,7,10H2,1-2H3. The number of pyridine rings is 1. The molecule has 0 saturated heterocycles. The lowest BCUT2D eigenvalue weighted by atomic mass is 9.91. The van der Waals surface area contributed by atoms with Crippen LogP contribution in [0.25, 0.3) is 0 Å².